The Bertz CT molecular complexity index is 960. The maximum atomic E-state index is 12.7. The van der Waals surface area contributed by atoms with Crippen LogP contribution in [0.2, 0.25) is 0 Å². The van der Waals surface area contributed by atoms with E-state index in [9.17, 15) is 9.59 Å². The third-order valence-electron chi connectivity index (χ3n) is 4.32. The highest BCUT2D eigenvalue weighted by Crippen LogP contribution is 2.27. The Kier molecular flexibility index (Phi) is 5.83. The Morgan fingerprint density at radius 2 is 2.04 bits per heavy atom. The molecule has 5 nitrogen and oxygen atoms in total. The van der Waals surface area contributed by atoms with E-state index in [1.807, 2.05) is 30.3 Å². The fourth-order valence-electron chi connectivity index (χ4n) is 2.81. The van der Waals surface area contributed by atoms with Crippen LogP contribution in [-0.2, 0) is 17.7 Å². The van der Waals surface area contributed by atoms with Gasteiger partial charge in [-0.3, -0.25) is 9.36 Å². The van der Waals surface area contributed by atoms with E-state index in [0.29, 0.717) is 40.2 Å². The number of nitrogens with zero attached hydrogens (tertiary/aromatic N) is 2. The molecular formula is C20H22N2O3S. The van der Waals surface area contributed by atoms with E-state index in [0.717, 1.165) is 18.4 Å². The van der Waals surface area contributed by atoms with Gasteiger partial charge in [0.05, 0.1) is 18.3 Å². The molecule has 0 spiro atoms. The van der Waals surface area contributed by atoms with E-state index >= 15 is 0 Å². The SMILES string of the molecule is CCCCn1cnc2sc(C(=O)OCCc3ccccc3)c(C)c2c1=O. The molecule has 0 saturated heterocycles. The third kappa shape index (κ3) is 3.85. The van der Waals surface area contributed by atoms with Crippen molar-refractivity contribution in [3.05, 3.63) is 63.0 Å². The van der Waals surface area contributed by atoms with E-state index in [1.165, 1.54) is 11.3 Å². The number of hydrogen-bond acceptors (Lipinski definition) is 5. The number of hydrogen-bond donors (Lipinski definition) is 0. The summed E-state index contributed by atoms with van der Waals surface area (Å²) in [6, 6.07) is 9.88. The molecule has 0 amide bonds. The Hall–Kier alpha value is -2.47. The molecule has 0 fully saturated rings. The Labute approximate surface area is 156 Å². The molecule has 3 aromatic rings. The van der Waals surface area contributed by atoms with Crippen LogP contribution >= 0.6 is 11.3 Å². The van der Waals surface area contributed by atoms with Crippen LogP contribution < -0.4 is 5.56 Å². The summed E-state index contributed by atoms with van der Waals surface area (Å²) in [5.41, 5.74) is 1.70. The second-order valence-corrected chi connectivity index (χ2v) is 7.20. The average Bonchev–Trinajstić information content (AvgIpc) is 2.99. The van der Waals surface area contributed by atoms with Crippen molar-refractivity contribution in [3.8, 4) is 0 Å². The number of esters is 1. The monoisotopic (exact) mass is 370 g/mol. The Morgan fingerprint density at radius 1 is 1.27 bits per heavy atom. The molecule has 0 radical (unpaired) electrons. The molecule has 26 heavy (non-hydrogen) atoms. The molecule has 2 heterocycles. The topological polar surface area (TPSA) is 61.2 Å². The standard InChI is InChI=1S/C20H22N2O3S/c1-3-4-11-22-13-21-18-16(19(22)23)14(2)17(26-18)20(24)25-12-10-15-8-6-5-7-9-15/h5-9,13H,3-4,10-12H2,1-2H3. The highest BCUT2D eigenvalue weighted by molar-refractivity contribution is 7.20. The molecule has 136 valence electrons. The largest absolute Gasteiger partial charge is 0.461 e. The van der Waals surface area contributed by atoms with Gasteiger partial charge in [-0.2, -0.15) is 0 Å². The van der Waals surface area contributed by atoms with Crippen LogP contribution in [0.5, 0.6) is 0 Å². The minimum Gasteiger partial charge on any atom is -0.461 e. The second-order valence-electron chi connectivity index (χ2n) is 6.20. The highest BCUT2D eigenvalue weighted by Gasteiger charge is 2.20. The molecule has 2 aromatic heterocycles. The predicted octanol–water partition coefficient (Wildman–Crippen LogP) is 3.97. The molecule has 0 aliphatic rings. The first-order chi connectivity index (χ1) is 12.6. The van der Waals surface area contributed by atoms with Crippen molar-refractivity contribution in [2.75, 3.05) is 6.61 Å². The van der Waals surface area contributed by atoms with Crippen LogP contribution in [0, 0.1) is 6.92 Å². The molecule has 0 saturated carbocycles. The molecule has 1 aromatic carbocycles. The number of ether oxygens (including phenoxy) is 1. The van der Waals surface area contributed by atoms with Gasteiger partial charge >= 0.3 is 5.97 Å². The summed E-state index contributed by atoms with van der Waals surface area (Å²) >= 11 is 1.23. The quantitative estimate of drug-likeness (QED) is 0.591. The lowest BCUT2D eigenvalue weighted by Crippen LogP contribution is -2.20. The molecular weight excluding hydrogens is 348 g/mol. The first-order valence-corrected chi connectivity index (χ1v) is 9.63. The molecule has 6 heteroatoms. The predicted molar refractivity (Wildman–Crippen MR) is 104 cm³/mol. The van der Waals surface area contributed by atoms with E-state index in [-0.39, 0.29) is 11.5 Å². The molecule has 0 aliphatic carbocycles. The minimum absolute atomic E-state index is 0.0828. The molecule has 0 unspecified atom stereocenters. The fraction of sp³-hybridized carbons (Fsp3) is 0.350. The maximum Gasteiger partial charge on any atom is 0.348 e. The van der Waals surface area contributed by atoms with E-state index < -0.39 is 0 Å². The summed E-state index contributed by atoms with van der Waals surface area (Å²) in [6.07, 6.45) is 4.16. The van der Waals surface area contributed by atoms with Crippen molar-refractivity contribution < 1.29 is 9.53 Å². The van der Waals surface area contributed by atoms with Gasteiger partial charge in [0.2, 0.25) is 0 Å². The second kappa shape index (κ2) is 8.27. The Balaban J connectivity index is 1.77. The minimum atomic E-state index is -0.388. The summed E-state index contributed by atoms with van der Waals surface area (Å²) in [6.45, 7) is 4.82. The zero-order valence-electron chi connectivity index (χ0n) is 15.0. The lowest BCUT2D eigenvalue weighted by molar-refractivity contribution is 0.0514. The lowest BCUT2D eigenvalue weighted by atomic mass is 10.2. The zero-order chi connectivity index (χ0) is 18.5. The van der Waals surface area contributed by atoms with Crippen LogP contribution in [0.15, 0.2) is 41.5 Å². The summed E-state index contributed by atoms with van der Waals surface area (Å²) in [5.74, 6) is -0.388. The van der Waals surface area contributed by atoms with E-state index in [1.54, 1.807) is 17.8 Å². The summed E-state index contributed by atoms with van der Waals surface area (Å²) in [4.78, 5) is 30.5. The van der Waals surface area contributed by atoms with Gasteiger partial charge in [0.1, 0.15) is 9.71 Å². The smallest absolute Gasteiger partial charge is 0.348 e. The number of aromatic nitrogens is 2. The summed E-state index contributed by atoms with van der Waals surface area (Å²) < 4.78 is 7.03. The summed E-state index contributed by atoms with van der Waals surface area (Å²) in [7, 11) is 0. The van der Waals surface area contributed by atoms with Gasteiger partial charge in [0.15, 0.2) is 0 Å². The van der Waals surface area contributed by atoms with Gasteiger partial charge in [-0.25, -0.2) is 9.78 Å². The van der Waals surface area contributed by atoms with Crippen molar-refractivity contribution in [2.45, 2.75) is 39.7 Å². The number of rotatable bonds is 7. The lowest BCUT2D eigenvalue weighted by Gasteiger charge is -2.04. The molecule has 0 bridgehead atoms. The van der Waals surface area contributed by atoms with Crippen LogP contribution in [-0.4, -0.2) is 22.1 Å². The normalized spacial score (nSPS) is 11.0. The van der Waals surface area contributed by atoms with Crippen molar-refractivity contribution in [1.82, 2.24) is 9.55 Å². The van der Waals surface area contributed by atoms with Gasteiger partial charge in [-0.15, -0.1) is 11.3 Å². The number of carbonyl (C=O) groups is 1. The number of thiophene rings is 1. The highest BCUT2D eigenvalue weighted by atomic mass is 32.1. The maximum absolute atomic E-state index is 12.7. The average molecular weight is 370 g/mol. The number of fused-ring (bicyclic) bond motifs is 1. The van der Waals surface area contributed by atoms with Crippen molar-refractivity contribution in [2.24, 2.45) is 0 Å². The number of unbranched alkanes of at least 4 members (excludes halogenated alkanes) is 1. The first-order valence-electron chi connectivity index (χ1n) is 8.81. The molecule has 0 atom stereocenters. The van der Waals surface area contributed by atoms with Gasteiger partial charge < -0.3 is 4.74 Å². The van der Waals surface area contributed by atoms with E-state index in [2.05, 4.69) is 11.9 Å². The van der Waals surface area contributed by atoms with Gasteiger partial charge in [-0.05, 0) is 24.5 Å². The molecule has 0 aliphatic heterocycles. The van der Waals surface area contributed by atoms with Gasteiger partial charge in [0.25, 0.3) is 5.56 Å². The van der Waals surface area contributed by atoms with Gasteiger partial charge in [0, 0.05) is 13.0 Å². The molecule has 3 rings (SSSR count). The molecule has 0 N–H and O–H groups in total. The van der Waals surface area contributed by atoms with Crippen molar-refractivity contribution in [1.29, 1.82) is 0 Å². The number of benzene rings is 1. The van der Waals surface area contributed by atoms with Crippen LogP contribution in [0.1, 0.15) is 40.6 Å². The summed E-state index contributed by atoms with van der Waals surface area (Å²) in [5, 5.41) is 0.531. The van der Waals surface area contributed by atoms with E-state index in [4.69, 9.17) is 4.74 Å². The first kappa shape index (κ1) is 18.3. The van der Waals surface area contributed by atoms with Crippen LogP contribution in [0.3, 0.4) is 0 Å². The van der Waals surface area contributed by atoms with Crippen LogP contribution in [0.25, 0.3) is 10.2 Å². The van der Waals surface area contributed by atoms with Gasteiger partial charge in [-0.1, -0.05) is 43.7 Å². The van der Waals surface area contributed by atoms with Crippen molar-refractivity contribution >= 4 is 27.5 Å². The fourth-order valence-corrected chi connectivity index (χ4v) is 3.85. The zero-order valence-corrected chi connectivity index (χ0v) is 15.8. The Morgan fingerprint density at radius 3 is 2.77 bits per heavy atom. The van der Waals surface area contributed by atoms with Crippen LogP contribution in [0.4, 0.5) is 0 Å². The number of carbonyl (C=O) groups excluding carboxylic acids is 1. The number of aryl methyl sites for hydroxylation is 2. The van der Waals surface area contributed by atoms with Crippen molar-refractivity contribution in [3.63, 3.8) is 0 Å². The third-order valence-corrected chi connectivity index (χ3v) is 5.50.